The van der Waals surface area contributed by atoms with Gasteiger partial charge in [0.25, 0.3) is 0 Å². The van der Waals surface area contributed by atoms with Gasteiger partial charge in [0, 0.05) is 28.2 Å². The van der Waals surface area contributed by atoms with Crippen LogP contribution >= 0.6 is 15.9 Å². The van der Waals surface area contributed by atoms with Gasteiger partial charge in [-0.15, -0.1) is 0 Å². The second-order valence-electron chi connectivity index (χ2n) is 5.85. The molecule has 0 N–H and O–H groups in total. The van der Waals surface area contributed by atoms with Gasteiger partial charge in [-0.05, 0) is 37.1 Å². The minimum atomic E-state index is 0.399. The molecule has 3 heteroatoms. The number of ether oxygens (including phenoxy) is 1. The molecule has 0 bridgehead atoms. The first-order chi connectivity index (χ1) is 11.7. The average Bonchev–Trinajstić information content (AvgIpc) is 3.20. The summed E-state index contributed by atoms with van der Waals surface area (Å²) in [7, 11) is 0. The summed E-state index contributed by atoms with van der Waals surface area (Å²) in [5.74, 6) is 6.56. The van der Waals surface area contributed by atoms with Crippen molar-refractivity contribution in [1.29, 1.82) is 0 Å². The Morgan fingerprint density at radius 2 is 2.29 bits per heavy atom. The van der Waals surface area contributed by atoms with Crippen molar-refractivity contribution in [3.05, 3.63) is 70.9 Å². The van der Waals surface area contributed by atoms with E-state index in [1.807, 2.05) is 25.2 Å². The highest BCUT2D eigenvalue weighted by molar-refractivity contribution is 9.10. The molecule has 1 saturated heterocycles. The Labute approximate surface area is 151 Å². The maximum absolute atomic E-state index is 5.56. The Morgan fingerprint density at radius 1 is 1.42 bits per heavy atom. The molecular weight excluding hydrogens is 362 g/mol. The molecule has 0 amide bonds. The number of benzene rings is 1. The lowest BCUT2D eigenvalue weighted by Crippen LogP contribution is -2.06. The van der Waals surface area contributed by atoms with E-state index in [1.165, 1.54) is 10.9 Å². The first-order valence-electron chi connectivity index (χ1n) is 8.05. The van der Waals surface area contributed by atoms with Crippen molar-refractivity contribution in [1.82, 2.24) is 4.57 Å². The molecule has 2 aromatic rings. The van der Waals surface area contributed by atoms with Crippen LogP contribution in [0.25, 0.3) is 10.9 Å². The van der Waals surface area contributed by atoms with Crippen LogP contribution in [-0.4, -0.2) is 17.8 Å². The second kappa shape index (κ2) is 7.70. The Bertz CT molecular complexity index is 870. The fraction of sp³-hybridized carbons (Fsp3) is 0.238. The molecule has 0 radical (unpaired) electrons. The van der Waals surface area contributed by atoms with Crippen LogP contribution in [0.1, 0.15) is 24.9 Å². The van der Waals surface area contributed by atoms with Crippen molar-refractivity contribution < 1.29 is 4.74 Å². The second-order valence-corrected chi connectivity index (χ2v) is 6.76. The highest BCUT2D eigenvalue weighted by Crippen LogP contribution is 2.30. The minimum Gasteiger partial charge on any atom is -0.379 e. The summed E-state index contributed by atoms with van der Waals surface area (Å²) >= 11 is 3.57. The summed E-state index contributed by atoms with van der Waals surface area (Å²) in [5.41, 5.74) is 3.29. The predicted octanol–water partition coefficient (Wildman–Crippen LogP) is 5.41. The maximum atomic E-state index is 5.56. The zero-order valence-corrected chi connectivity index (χ0v) is 15.3. The predicted molar refractivity (Wildman–Crippen MR) is 104 cm³/mol. The number of rotatable bonds is 3. The molecule has 24 heavy (non-hydrogen) atoms. The van der Waals surface area contributed by atoms with Gasteiger partial charge in [0.1, 0.15) is 0 Å². The van der Waals surface area contributed by atoms with Crippen LogP contribution in [0.2, 0.25) is 0 Å². The van der Waals surface area contributed by atoms with Crippen LogP contribution in [0.3, 0.4) is 0 Å². The zero-order valence-electron chi connectivity index (χ0n) is 13.8. The van der Waals surface area contributed by atoms with Crippen molar-refractivity contribution in [2.45, 2.75) is 19.4 Å². The van der Waals surface area contributed by atoms with Crippen molar-refractivity contribution in [3.63, 3.8) is 0 Å². The largest absolute Gasteiger partial charge is 0.379 e. The fourth-order valence-corrected chi connectivity index (χ4v) is 3.22. The zero-order chi connectivity index (χ0) is 16.9. The molecule has 1 aromatic carbocycles. The van der Waals surface area contributed by atoms with Gasteiger partial charge in [0.15, 0.2) is 0 Å². The van der Waals surface area contributed by atoms with Crippen molar-refractivity contribution in [2.75, 3.05) is 13.2 Å². The molecule has 0 aliphatic carbocycles. The van der Waals surface area contributed by atoms with E-state index in [0.717, 1.165) is 35.2 Å². The minimum absolute atomic E-state index is 0.399. The van der Waals surface area contributed by atoms with E-state index < -0.39 is 0 Å². The Morgan fingerprint density at radius 3 is 3.04 bits per heavy atom. The van der Waals surface area contributed by atoms with E-state index in [9.17, 15) is 0 Å². The summed E-state index contributed by atoms with van der Waals surface area (Å²) in [6.45, 7) is 7.29. The molecule has 122 valence electrons. The molecule has 1 fully saturated rings. The molecule has 1 atom stereocenters. The standard InChI is InChI=1S/C21H20BrNO/c1-3-4-5-6-16(2)7-8-17-14-23(19-11-12-24-15-19)21-10-9-18(22)13-20(17)21/h3-6,9-10,13-14,19H,1,11-12,15H2,2H3/b5-4-,16-6+. The van der Waals surface area contributed by atoms with Crippen molar-refractivity contribution in [2.24, 2.45) is 0 Å². The van der Waals surface area contributed by atoms with Gasteiger partial charge in [-0.1, -0.05) is 58.7 Å². The molecule has 1 unspecified atom stereocenters. The molecule has 0 spiro atoms. The van der Waals surface area contributed by atoms with E-state index in [-0.39, 0.29) is 0 Å². The van der Waals surface area contributed by atoms with Gasteiger partial charge in [-0.3, -0.25) is 0 Å². The molecule has 1 aliphatic rings. The number of nitrogens with zero attached hydrogens (tertiary/aromatic N) is 1. The van der Waals surface area contributed by atoms with Crippen LogP contribution in [0, 0.1) is 11.8 Å². The molecule has 1 aromatic heterocycles. The van der Waals surface area contributed by atoms with Gasteiger partial charge in [0.05, 0.1) is 18.2 Å². The van der Waals surface area contributed by atoms with Crippen LogP contribution in [-0.2, 0) is 4.74 Å². The number of hydrogen-bond donors (Lipinski definition) is 0. The van der Waals surface area contributed by atoms with E-state index in [0.29, 0.717) is 6.04 Å². The third kappa shape index (κ3) is 3.72. The number of halogens is 1. The van der Waals surface area contributed by atoms with Crippen LogP contribution in [0.15, 0.2) is 65.3 Å². The first-order valence-corrected chi connectivity index (χ1v) is 8.84. The quantitative estimate of drug-likeness (QED) is 0.512. The highest BCUT2D eigenvalue weighted by Gasteiger charge is 2.20. The van der Waals surface area contributed by atoms with Gasteiger partial charge in [-0.25, -0.2) is 0 Å². The fourth-order valence-electron chi connectivity index (χ4n) is 2.86. The Kier molecular flexibility index (Phi) is 5.40. The van der Waals surface area contributed by atoms with Gasteiger partial charge in [-0.2, -0.15) is 0 Å². The summed E-state index contributed by atoms with van der Waals surface area (Å²) in [6, 6.07) is 6.77. The Hall–Kier alpha value is -2.02. The van der Waals surface area contributed by atoms with E-state index >= 15 is 0 Å². The van der Waals surface area contributed by atoms with Crippen molar-refractivity contribution in [3.8, 4) is 11.8 Å². The lowest BCUT2D eigenvalue weighted by molar-refractivity contribution is 0.187. The normalized spacial score (nSPS) is 18.1. The van der Waals surface area contributed by atoms with E-state index in [1.54, 1.807) is 6.08 Å². The molecule has 0 saturated carbocycles. The third-order valence-corrected chi connectivity index (χ3v) is 4.58. The van der Waals surface area contributed by atoms with Crippen LogP contribution in [0.4, 0.5) is 0 Å². The van der Waals surface area contributed by atoms with Gasteiger partial charge >= 0.3 is 0 Å². The van der Waals surface area contributed by atoms with Crippen LogP contribution < -0.4 is 0 Å². The molecule has 2 nitrogen and oxygen atoms in total. The monoisotopic (exact) mass is 381 g/mol. The number of hydrogen-bond acceptors (Lipinski definition) is 1. The maximum Gasteiger partial charge on any atom is 0.0674 e. The number of aromatic nitrogens is 1. The number of fused-ring (bicyclic) bond motifs is 1. The highest BCUT2D eigenvalue weighted by atomic mass is 79.9. The third-order valence-electron chi connectivity index (χ3n) is 4.08. The lowest BCUT2D eigenvalue weighted by atomic mass is 10.1. The van der Waals surface area contributed by atoms with Gasteiger partial charge in [0.2, 0.25) is 0 Å². The molecule has 2 heterocycles. The summed E-state index contributed by atoms with van der Waals surface area (Å²) in [4.78, 5) is 0. The summed E-state index contributed by atoms with van der Waals surface area (Å²) in [6.07, 6.45) is 10.8. The SMILES string of the molecule is C=C/C=C\C=C(/C)C#Cc1cn(C2CCOC2)c2ccc(Br)cc12. The average molecular weight is 382 g/mol. The van der Waals surface area contributed by atoms with E-state index in [2.05, 4.69) is 63.3 Å². The Balaban J connectivity index is 2.01. The summed E-state index contributed by atoms with van der Waals surface area (Å²) in [5, 5.41) is 1.18. The molecule has 3 rings (SSSR count). The topological polar surface area (TPSA) is 14.2 Å². The molecule has 1 aliphatic heterocycles. The van der Waals surface area contributed by atoms with Crippen LogP contribution in [0.5, 0.6) is 0 Å². The lowest BCUT2D eigenvalue weighted by Gasteiger charge is -2.11. The smallest absolute Gasteiger partial charge is 0.0674 e. The first kappa shape index (κ1) is 16.8. The summed E-state index contributed by atoms with van der Waals surface area (Å²) < 4.78 is 8.94. The van der Waals surface area contributed by atoms with E-state index in [4.69, 9.17) is 4.74 Å². The van der Waals surface area contributed by atoms with Gasteiger partial charge < -0.3 is 9.30 Å². The van der Waals surface area contributed by atoms with Crippen molar-refractivity contribution >= 4 is 26.8 Å². The molecular formula is C21H20BrNO. The number of allylic oxidation sites excluding steroid dienone is 5.